The van der Waals surface area contributed by atoms with Gasteiger partial charge in [0.05, 0.1) is 0 Å². The van der Waals surface area contributed by atoms with Crippen LogP contribution in [0.4, 0.5) is 13.2 Å². The molecule has 3 nitrogen and oxygen atoms in total. The summed E-state index contributed by atoms with van der Waals surface area (Å²) in [6.45, 7) is 2.08. The fourth-order valence-corrected chi connectivity index (χ4v) is 3.18. The lowest BCUT2D eigenvalue weighted by molar-refractivity contribution is -0.0447. The van der Waals surface area contributed by atoms with Gasteiger partial charge in [-0.05, 0) is 6.42 Å². The van der Waals surface area contributed by atoms with Crippen LogP contribution >= 0.6 is 0 Å². The number of sulfonamides is 1. The van der Waals surface area contributed by atoms with E-state index in [1.54, 1.807) is 4.72 Å². The molecule has 0 aliphatic carbocycles. The quantitative estimate of drug-likeness (QED) is 0.342. The lowest BCUT2D eigenvalue weighted by Gasteiger charge is -2.09. The first kappa shape index (κ1) is 23.7. The van der Waals surface area contributed by atoms with Crippen LogP contribution in [0, 0.1) is 0 Å². The fraction of sp³-hybridized carbons (Fsp3) is 1.00. The highest BCUT2D eigenvalue weighted by Gasteiger charge is 2.45. The Labute approximate surface area is 145 Å². The summed E-state index contributed by atoms with van der Waals surface area (Å²) >= 11 is 0. The molecular formula is C17H34F3NO2S. The molecule has 0 aliphatic rings. The summed E-state index contributed by atoms with van der Waals surface area (Å²) < 4.78 is 59.3. The zero-order valence-corrected chi connectivity index (χ0v) is 15.8. The van der Waals surface area contributed by atoms with Crippen LogP contribution in [-0.2, 0) is 10.0 Å². The van der Waals surface area contributed by atoms with Crippen LogP contribution < -0.4 is 4.72 Å². The third-order valence-corrected chi connectivity index (χ3v) is 5.32. The van der Waals surface area contributed by atoms with Gasteiger partial charge in [0.2, 0.25) is 0 Å². The predicted octanol–water partition coefficient (Wildman–Crippen LogP) is 5.91. The van der Waals surface area contributed by atoms with Gasteiger partial charge in [-0.15, -0.1) is 0 Å². The molecule has 0 heterocycles. The Hall–Kier alpha value is -0.300. The van der Waals surface area contributed by atoms with E-state index >= 15 is 0 Å². The molecular weight excluding hydrogens is 339 g/mol. The maximum absolute atomic E-state index is 12.1. The number of halogens is 3. The van der Waals surface area contributed by atoms with E-state index in [2.05, 4.69) is 6.92 Å². The molecule has 0 spiro atoms. The zero-order chi connectivity index (χ0) is 18.3. The molecule has 0 radical (unpaired) electrons. The molecule has 7 heteroatoms. The summed E-state index contributed by atoms with van der Waals surface area (Å²) in [6.07, 6.45) is 16.2. The van der Waals surface area contributed by atoms with Crippen LogP contribution in [0.5, 0.6) is 0 Å². The third-order valence-electron chi connectivity index (χ3n) is 4.13. The molecule has 1 N–H and O–H groups in total. The molecule has 146 valence electrons. The first-order valence-corrected chi connectivity index (χ1v) is 10.9. The molecule has 0 amide bonds. The van der Waals surface area contributed by atoms with Crippen molar-refractivity contribution in [1.82, 2.24) is 4.72 Å². The maximum atomic E-state index is 12.1. The Kier molecular flexibility index (Phi) is 13.8. The Morgan fingerprint density at radius 3 is 1.33 bits per heavy atom. The van der Waals surface area contributed by atoms with Crippen molar-refractivity contribution in [2.75, 3.05) is 6.54 Å². The van der Waals surface area contributed by atoms with E-state index < -0.39 is 15.5 Å². The summed E-state index contributed by atoms with van der Waals surface area (Å²) in [6, 6.07) is 0. The van der Waals surface area contributed by atoms with E-state index in [0.717, 1.165) is 25.7 Å². The molecule has 0 bridgehead atoms. The number of nitrogens with one attached hydrogen (secondary N) is 1. The van der Waals surface area contributed by atoms with Crippen molar-refractivity contribution >= 4 is 10.0 Å². The van der Waals surface area contributed by atoms with E-state index in [-0.39, 0.29) is 6.54 Å². The van der Waals surface area contributed by atoms with Gasteiger partial charge >= 0.3 is 15.5 Å². The van der Waals surface area contributed by atoms with Crippen molar-refractivity contribution in [2.24, 2.45) is 0 Å². The average molecular weight is 374 g/mol. The lowest BCUT2D eigenvalue weighted by atomic mass is 10.0. The fourth-order valence-electron chi connectivity index (χ4n) is 2.61. The smallest absolute Gasteiger partial charge is 0.207 e. The van der Waals surface area contributed by atoms with Crippen molar-refractivity contribution in [3.63, 3.8) is 0 Å². The molecule has 0 aromatic heterocycles. The van der Waals surface area contributed by atoms with Gasteiger partial charge in [-0.1, -0.05) is 90.4 Å². The molecule has 0 atom stereocenters. The van der Waals surface area contributed by atoms with E-state index in [4.69, 9.17) is 0 Å². The topological polar surface area (TPSA) is 46.2 Å². The van der Waals surface area contributed by atoms with Gasteiger partial charge in [-0.3, -0.25) is 0 Å². The van der Waals surface area contributed by atoms with Crippen LogP contribution in [0.15, 0.2) is 0 Å². The van der Waals surface area contributed by atoms with Gasteiger partial charge in [0.25, 0.3) is 0 Å². The maximum Gasteiger partial charge on any atom is 0.511 e. The molecule has 0 fully saturated rings. The summed E-state index contributed by atoms with van der Waals surface area (Å²) in [5.41, 5.74) is -5.21. The van der Waals surface area contributed by atoms with Gasteiger partial charge < -0.3 is 0 Å². The predicted molar refractivity (Wildman–Crippen MR) is 93.3 cm³/mol. The summed E-state index contributed by atoms with van der Waals surface area (Å²) in [7, 11) is -5.17. The number of hydrogen-bond acceptors (Lipinski definition) is 2. The second kappa shape index (κ2) is 13.9. The molecule has 0 saturated carbocycles. The summed E-state index contributed by atoms with van der Waals surface area (Å²) in [5, 5.41) is 0. The Morgan fingerprint density at radius 1 is 0.667 bits per heavy atom. The minimum Gasteiger partial charge on any atom is -0.207 e. The van der Waals surface area contributed by atoms with Crippen molar-refractivity contribution in [3.05, 3.63) is 0 Å². The van der Waals surface area contributed by atoms with Crippen LogP contribution in [0.25, 0.3) is 0 Å². The number of rotatable bonds is 16. The molecule has 0 aliphatic heterocycles. The standard InChI is InChI=1S/C17H34F3NO2S/c1-2-3-4-5-6-7-8-9-10-11-12-13-14-15-16-21-24(22,23)17(18,19)20/h21H,2-16H2,1H3. The monoisotopic (exact) mass is 373 g/mol. The van der Waals surface area contributed by atoms with Gasteiger partial charge in [-0.2, -0.15) is 13.2 Å². The van der Waals surface area contributed by atoms with E-state index in [0.29, 0.717) is 6.42 Å². The Bertz CT molecular complexity index is 384. The zero-order valence-electron chi connectivity index (χ0n) is 15.0. The molecule has 0 unspecified atom stereocenters. The van der Waals surface area contributed by atoms with Crippen molar-refractivity contribution in [2.45, 2.75) is 102 Å². The highest BCUT2D eigenvalue weighted by atomic mass is 32.2. The largest absolute Gasteiger partial charge is 0.511 e. The molecule has 0 rings (SSSR count). The number of alkyl halides is 3. The SMILES string of the molecule is CCCCCCCCCCCCCCCCNS(=O)(=O)C(F)(F)F. The molecule has 24 heavy (non-hydrogen) atoms. The second-order valence-corrected chi connectivity index (χ2v) is 8.20. The minimum atomic E-state index is -5.21. The van der Waals surface area contributed by atoms with Gasteiger partial charge in [0.15, 0.2) is 0 Å². The van der Waals surface area contributed by atoms with E-state index in [1.807, 2.05) is 0 Å². The number of unbranched alkanes of at least 4 members (excludes halogenated alkanes) is 13. The normalized spacial score (nSPS) is 12.7. The highest BCUT2D eigenvalue weighted by Crippen LogP contribution is 2.21. The Balaban J connectivity index is 3.27. The second-order valence-electron chi connectivity index (χ2n) is 6.44. The highest BCUT2D eigenvalue weighted by molar-refractivity contribution is 7.90. The van der Waals surface area contributed by atoms with Gasteiger partial charge in [0, 0.05) is 6.54 Å². The first-order valence-electron chi connectivity index (χ1n) is 9.37. The van der Waals surface area contributed by atoms with E-state index in [9.17, 15) is 21.6 Å². The van der Waals surface area contributed by atoms with Crippen LogP contribution in [0.2, 0.25) is 0 Å². The molecule has 0 aromatic carbocycles. The lowest BCUT2D eigenvalue weighted by Crippen LogP contribution is -2.36. The van der Waals surface area contributed by atoms with Crippen LogP contribution in [-0.4, -0.2) is 20.5 Å². The van der Waals surface area contributed by atoms with Crippen molar-refractivity contribution in [1.29, 1.82) is 0 Å². The molecule has 0 saturated heterocycles. The minimum absolute atomic E-state index is 0.139. The van der Waals surface area contributed by atoms with Gasteiger partial charge in [-0.25, -0.2) is 13.1 Å². The molecule has 0 aromatic rings. The van der Waals surface area contributed by atoms with Crippen LogP contribution in [0.1, 0.15) is 96.8 Å². The summed E-state index contributed by atoms with van der Waals surface area (Å²) in [5.74, 6) is 0. The van der Waals surface area contributed by atoms with E-state index in [1.165, 1.54) is 57.8 Å². The Morgan fingerprint density at radius 2 is 1.00 bits per heavy atom. The summed E-state index contributed by atoms with van der Waals surface area (Å²) in [4.78, 5) is 0. The third kappa shape index (κ3) is 13.0. The van der Waals surface area contributed by atoms with Gasteiger partial charge in [0.1, 0.15) is 0 Å². The first-order chi connectivity index (χ1) is 11.3. The average Bonchev–Trinajstić information content (AvgIpc) is 2.50. The van der Waals surface area contributed by atoms with Crippen molar-refractivity contribution in [3.8, 4) is 0 Å². The van der Waals surface area contributed by atoms with Crippen LogP contribution in [0.3, 0.4) is 0 Å². The number of hydrogen-bond donors (Lipinski definition) is 1. The van der Waals surface area contributed by atoms with Crippen molar-refractivity contribution < 1.29 is 21.6 Å².